The van der Waals surface area contributed by atoms with E-state index in [1.807, 2.05) is 48.5 Å². The van der Waals surface area contributed by atoms with Crippen molar-refractivity contribution in [3.05, 3.63) is 48.5 Å². The van der Waals surface area contributed by atoms with Crippen LogP contribution >= 0.6 is 0 Å². The second kappa shape index (κ2) is 5.18. The molecule has 0 N–H and O–H groups in total. The highest BCUT2D eigenvalue weighted by Crippen LogP contribution is 2.27. The summed E-state index contributed by atoms with van der Waals surface area (Å²) in [5.41, 5.74) is 0. The number of fused-ring (bicyclic) bond motifs is 4. The minimum atomic E-state index is -0.546. The van der Waals surface area contributed by atoms with Gasteiger partial charge in [0.2, 0.25) is 12.6 Å². The van der Waals surface area contributed by atoms with Crippen molar-refractivity contribution < 1.29 is 23.7 Å². The third-order valence-electron chi connectivity index (χ3n) is 3.22. The Morgan fingerprint density at radius 1 is 0.714 bits per heavy atom. The molecule has 0 aliphatic carbocycles. The summed E-state index contributed by atoms with van der Waals surface area (Å²) in [5.74, 6) is 2.96. The maximum absolute atomic E-state index is 5.81. The van der Waals surface area contributed by atoms with Gasteiger partial charge >= 0.3 is 0 Å². The fraction of sp³-hybridized carbons (Fsp3) is 0.250. The molecule has 5 nitrogen and oxygen atoms in total. The van der Waals surface area contributed by atoms with Crippen LogP contribution in [0.4, 0.5) is 0 Å². The standard InChI is InChI=1S/C16H14O5/c1-3-11-7-13(5-1)19-15(9-17-11)21-16-10-18-12-4-2-6-14(8-12)20-16/h1-8,15-16H,9-10H2. The molecule has 108 valence electrons. The van der Waals surface area contributed by atoms with E-state index in [0.29, 0.717) is 24.7 Å². The van der Waals surface area contributed by atoms with Gasteiger partial charge in [0, 0.05) is 12.1 Å². The quantitative estimate of drug-likeness (QED) is 0.849. The third kappa shape index (κ3) is 2.73. The van der Waals surface area contributed by atoms with Crippen molar-refractivity contribution in [1.82, 2.24) is 0 Å². The molecule has 2 unspecified atom stereocenters. The van der Waals surface area contributed by atoms with Crippen LogP contribution in [0.25, 0.3) is 0 Å². The molecule has 2 aromatic carbocycles. The van der Waals surface area contributed by atoms with Crippen molar-refractivity contribution in [1.29, 1.82) is 0 Å². The summed E-state index contributed by atoms with van der Waals surface area (Å²) in [5, 5.41) is 0. The molecule has 0 radical (unpaired) electrons. The normalized spacial score (nSPS) is 22.7. The molecule has 2 aromatic rings. The van der Waals surface area contributed by atoms with E-state index in [9.17, 15) is 0 Å². The van der Waals surface area contributed by atoms with Gasteiger partial charge in [-0.25, -0.2) is 0 Å². The molecule has 0 fully saturated rings. The Bertz CT molecular complexity index is 587. The molecule has 4 bridgehead atoms. The summed E-state index contributed by atoms with van der Waals surface area (Å²) < 4.78 is 28.5. The summed E-state index contributed by atoms with van der Waals surface area (Å²) in [6, 6.07) is 14.9. The monoisotopic (exact) mass is 286 g/mol. The molecule has 4 rings (SSSR count). The molecule has 2 heterocycles. The van der Waals surface area contributed by atoms with Crippen molar-refractivity contribution in [3.8, 4) is 23.0 Å². The highest BCUT2D eigenvalue weighted by molar-refractivity contribution is 5.34. The zero-order chi connectivity index (χ0) is 14.1. The number of rotatable bonds is 2. The van der Waals surface area contributed by atoms with Crippen LogP contribution in [0.5, 0.6) is 23.0 Å². The van der Waals surface area contributed by atoms with Gasteiger partial charge in [-0.1, -0.05) is 12.1 Å². The zero-order valence-electron chi connectivity index (χ0n) is 11.2. The molecule has 2 atom stereocenters. The summed E-state index contributed by atoms with van der Waals surface area (Å²) in [6.07, 6.45) is -1.09. The van der Waals surface area contributed by atoms with Gasteiger partial charge in [-0.3, -0.25) is 4.74 Å². The Labute approximate surface area is 122 Å². The van der Waals surface area contributed by atoms with Crippen LogP contribution < -0.4 is 18.9 Å². The van der Waals surface area contributed by atoms with E-state index in [1.54, 1.807) is 0 Å². The van der Waals surface area contributed by atoms with E-state index in [-0.39, 0.29) is 0 Å². The first-order chi connectivity index (χ1) is 10.3. The van der Waals surface area contributed by atoms with Crippen LogP contribution in [-0.4, -0.2) is 25.8 Å². The zero-order valence-corrected chi connectivity index (χ0v) is 11.2. The van der Waals surface area contributed by atoms with Crippen LogP contribution in [-0.2, 0) is 4.74 Å². The lowest BCUT2D eigenvalue weighted by Gasteiger charge is -2.23. The molecule has 2 aliphatic rings. The van der Waals surface area contributed by atoms with Gasteiger partial charge in [-0.05, 0) is 24.3 Å². The lowest BCUT2D eigenvalue weighted by atomic mass is 10.3. The molecule has 0 aromatic heterocycles. The Kier molecular flexibility index (Phi) is 3.05. The van der Waals surface area contributed by atoms with Crippen LogP contribution in [0.1, 0.15) is 0 Å². The van der Waals surface area contributed by atoms with E-state index < -0.39 is 12.6 Å². The maximum Gasteiger partial charge on any atom is 0.237 e. The summed E-state index contributed by atoms with van der Waals surface area (Å²) >= 11 is 0. The molecule has 2 aliphatic heterocycles. The predicted molar refractivity (Wildman–Crippen MR) is 73.8 cm³/mol. The fourth-order valence-corrected chi connectivity index (χ4v) is 2.28. The molecule has 5 heteroatoms. The van der Waals surface area contributed by atoms with Crippen LogP contribution in [0.3, 0.4) is 0 Å². The van der Waals surface area contributed by atoms with Crippen molar-refractivity contribution in [2.45, 2.75) is 12.6 Å². The van der Waals surface area contributed by atoms with Gasteiger partial charge in [0.05, 0.1) is 0 Å². The number of hydrogen-bond acceptors (Lipinski definition) is 5. The summed E-state index contributed by atoms with van der Waals surface area (Å²) in [4.78, 5) is 0. The average Bonchev–Trinajstić information content (AvgIpc) is 2.72. The van der Waals surface area contributed by atoms with Gasteiger partial charge in [-0.2, -0.15) is 0 Å². The first-order valence-corrected chi connectivity index (χ1v) is 6.80. The van der Waals surface area contributed by atoms with Crippen LogP contribution in [0.15, 0.2) is 48.5 Å². The van der Waals surface area contributed by atoms with E-state index in [0.717, 1.165) is 11.5 Å². The molecular weight excluding hydrogens is 272 g/mol. The average molecular weight is 286 g/mol. The fourth-order valence-electron chi connectivity index (χ4n) is 2.28. The Morgan fingerprint density at radius 3 is 1.71 bits per heavy atom. The largest absolute Gasteiger partial charge is 0.487 e. The van der Waals surface area contributed by atoms with Gasteiger partial charge in [0.25, 0.3) is 0 Å². The van der Waals surface area contributed by atoms with Gasteiger partial charge in [-0.15, -0.1) is 0 Å². The lowest BCUT2D eigenvalue weighted by Crippen LogP contribution is -2.37. The van der Waals surface area contributed by atoms with Crippen LogP contribution in [0.2, 0.25) is 0 Å². The first kappa shape index (κ1) is 12.3. The Morgan fingerprint density at radius 2 is 1.19 bits per heavy atom. The van der Waals surface area contributed by atoms with Gasteiger partial charge in [0.15, 0.2) is 13.2 Å². The van der Waals surface area contributed by atoms with E-state index in [1.165, 1.54) is 0 Å². The van der Waals surface area contributed by atoms with E-state index >= 15 is 0 Å². The number of ether oxygens (including phenoxy) is 5. The first-order valence-electron chi connectivity index (χ1n) is 6.80. The second-order valence-corrected chi connectivity index (χ2v) is 4.80. The Hall–Kier alpha value is -2.40. The molecule has 21 heavy (non-hydrogen) atoms. The molecule has 0 saturated heterocycles. The molecule has 0 saturated carbocycles. The minimum absolute atomic E-state index is 0.297. The molecule has 0 spiro atoms. The number of hydrogen-bond donors (Lipinski definition) is 0. The summed E-state index contributed by atoms with van der Waals surface area (Å²) in [7, 11) is 0. The van der Waals surface area contributed by atoms with Crippen molar-refractivity contribution >= 4 is 0 Å². The van der Waals surface area contributed by atoms with Crippen molar-refractivity contribution in [2.24, 2.45) is 0 Å². The van der Waals surface area contributed by atoms with Gasteiger partial charge < -0.3 is 18.9 Å². The van der Waals surface area contributed by atoms with Crippen molar-refractivity contribution in [2.75, 3.05) is 13.2 Å². The Balaban J connectivity index is 1.44. The topological polar surface area (TPSA) is 46.2 Å². The minimum Gasteiger partial charge on any atom is -0.487 e. The van der Waals surface area contributed by atoms with E-state index in [4.69, 9.17) is 23.7 Å². The third-order valence-corrected chi connectivity index (χ3v) is 3.22. The van der Waals surface area contributed by atoms with Gasteiger partial charge in [0.1, 0.15) is 23.0 Å². The molecular formula is C16H14O5. The lowest BCUT2D eigenvalue weighted by molar-refractivity contribution is -0.200. The predicted octanol–water partition coefficient (Wildman–Crippen LogP) is 2.60. The smallest absolute Gasteiger partial charge is 0.237 e. The highest BCUT2D eigenvalue weighted by Gasteiger charge is 2.25. The van der Waals surface area contributed by atoms with Crippen LogP contribution in [0, 0.1) is 0 Å². The maximum atomic E-state index is 5.81. The van der Waals surface area contributed by atoms with E-state index in [2.05, 4.69) is 0 Å². The molecule has 0 amide bonds. The SMILES string of the molecule is c1cc2cc(c1)OC(OC1COc3cccc(c3)O1)CO2. The number of benzene rings is 2. The van der Waals surface area contributed by atoms with Crippen molar-refractivity contribution in [3.63, 3.8) is 0 Å². The highest BCUT2D eigenvalue weighted by atomic mass is 16.8. The summed E-state index contributed by atoms with van der Waals surface area (Å²) in [6.45, 7) is 0.593. The second-order valence-electron chi connectivity index (χ2n) is 4.80.